The monoisotopic (exact) mass is 786 g/mol. The summed E-state index contributed by atoms with van der Waals surface area (Å²) in [6.07, 6.45) is 0.944. The molecule has 0 fully saturated rings. The van der Waals surface area contributed by atoms with Crippen molar-refractivity contribution in [2.45, 2.75) is 65.7 Å². The van der Waals surface area contributed by atoms with Crippen molar-refractivity contribution in [1.82, 2.24) is 0 Å². The van der Waals surface area contributed by atoms with Crippen LogP contribution in [0.1, 0.15) is 69.4 Å². The van der Waals surface area contributed by atoms with E-state index in [0.29, 0.717) is 0 Å². The van der Waals surface area contributed by atoms with E-state index < -0.39 is 0 Å². The minimum absolute atomic E-state index is 0. The first-order valence-electron chi connectivity index (χ1n) is 14.6. The van der Waals surface area contributed by atoms with Gasteiger partial charge in [0.15, 0.2) is 0 Å². The van der Waals surface area contributed by atoms with Crippen molar-refractivity contribution in [3.8, 4) is 33.4 Å². The Morgan fingerprint density at radius 2 is 1.18 bits per heavy atom. The van der Waals surface area contributed by atoms with Gasteiger partial charge in [-0.3, -0.25) is 0 Å². The molecular formula is C41H44Cl2Hf. The van der Waals surface area contributed by atoms with E-state index in [9.17, 15) is 0 Å². The first-order valence-corrected chi connectivity index (χ1v) is 14.6. The fourth-order valence-electron chi connectivity index (χ4n) is 5.57. The zero-order valence-corrected chi connectivity index (χ0v) is 32.3. The minimum atomic E-state index is 0. The third-order valence-corrected chi connectivity index (χ3v) is 7.65. The second-order valence-electron chi connectivity index (χ2n) is 12.9. The van der Waals surface area contributed by atoms with Gasteiger partial charge in [-0.15, -0.1) is 42.0 Å². The van der Waals surface area contributed by atoms with E-state index in [-0.39, 0.29) is 61.5 Å². The maximum atomic E-state index is 3.88. The molecule has 0 saturated heterocycles. The number of aryl methyl sites for hydroxylation is 1. The van der Waals surface area contributed by atoms with Crippen molar-refractivity contribution in [2.24, 2.45) is 0 Å². The number of rotatable bonds is 2. The quantitative estimate of drug-likeness (QED) is 0.124. The van der Waals surface area contributed by atoms with Crippen molar-refractivity contribution >= 4 is 0 Å². The number of benzene rings is 4. The minimum Gasteiger partial charge on any atom is -1.00 e. The van der Waals surface area contributed by atoms with E-state index in [1.807, 2.05) is 12.1 Å². The average Bonchev–Trinajstić information content (AvgIpc) is 3.58. The van der Waals surface area contributed by atoms with Crippen LogP contribution in [0.4, 0.5) is 0 Å². The average molecular weight is 786 g/mol. The van der Waals surface area contributed by atoms with Crippen LogP contribution in [0.5, 0.6) is 0 Å². The van der Waals surface area contributed by atoms with Gasteiger partial charge in [0, 0.05) is 0 Å². The summed E-state index contributed by atoms with van der Waals surface area (Å²) in [5.74, 6) is 0. The molecule has 226 valence electrons. The van der Waals surface area contributed by atoms with Crippen LogP contribution in [-0.2, 0) is 43.1 Å². The molecule has 3 heteroatoms. The van der Waals surface area contributed by atoms with Crippen molar-refractivity contribution < 1.29 is 50.7 Å². The Morgan fingerprint density at radius 3 is 1.64 bits per heavy atom. The molecule has 0 spiro atoms. The molecule has 0 bridgehead atoms. The maximum absolute atomic E-state index is 3.88. The second-order valence-corrected chi connectivity index (χ2v) is 12.9. The van der Waals surface area contributed by atoms with Crippen LogP contribution >= 0.6 is 0 Å². The third-order valence-electron chi connectivity index (χ3n) is 7.65. The molecule has 0 atom stereocenters. The van der Waals surface area contributed by atoms with Crippen LogP contribution in [0.15, 0.2) is 116 Å². The van der Waals surface area contributed by atoms with Crippen molar-refractivity contribution in [2.75, 3.05) is 0 Å². The van der Waals surface area contributed by atoms with Gasteiger partial charge < -0.3 is 24.8 Å². The molecule has 5 aromatic carbocycles. The van der Waals surface area contributed by atoms with Gasteiger partial charge in [-0.2, -0.15) is 18.2 Å². The smallest absolute Gasteiger partial charge is 1.00 e. The van der Waals surface area contributed by atoms with E-state index in [4.69, 9.17) is 0 Å². The van der Waals surface area contributed by atoms with Crippen LogP contribution < -0.4 is 24.8 Å². The standard InChI is InChI=1S/C33H33.C6H7.C2H4.2ClH.Hf/c1-32(2,3)30-20-26-24(18-28(30)22-13-9-7-10-14-22)17-25-19-29(23-15-11-8-12-16-23)31(21-27(25)26)33(4,5)6;1-6-4-2-3-5-6;1-2;;;/h7-16,18,20-21H,17H2,1-6H3;2-5H,1H3;1-2H2;2*1H;/q2*-1;;;;+4/p-2. The van der Waals surface area contributed by atoms with E-state index in [1.54, 1.807) is 0 Å². The van der Waals surface area contributed by atoms with Gasteiger partial charge in [-0.25, -0.2) is 11.6 Å². The molecule has 6 rings (SSSR count). The molecule has 0 aromatic heterocycles. The molecule has 44 heavy (non-hydrogen) atoms. The van der Waals surface area contributed by atoms with Gasteiger partial charge in [-0.1, -0.05) is 138 Å². The van der Waals surface area contributed by atoms with Gasteiger partial charge >= 0.3 is 25.8 Å². The first-order chi connectivity index (χ1) is 19.5. The first kappa shape index (κ1) is 39.4. The molecule has 5 aromatic rings. The Kier molecular flexibility index (Phi) is 14.9. The SMILES string of the molecule is C=C.CC(C)(C)c1cc2c([c-]c1-c1ccccc1)Cc1cc(-c3ccccc3)c(C(C)(C)C)cc1-2.Cc1cc[cH-]c1.[Cl-].[Cl-].[Hf+4]. The van der Waals surface area contributed by atoms with Crippen LogP contribution in [0.3, 0.4) is 0 Å². The second kappa shape index (κ2) is 16.6. The summed E-state index contributed by atoms with van der Waals surface area (Å²) in [5, 5.41) is 0. The molecule has 0 saturated carbocycles. The summed E-state index contributed by atoms with van der Waals surface area (Å²) in [7, 11) is 0. The molecule has 0 nitrogen and oxygen atoms in total. The van der Waals surface area contributed by atoms with Gasteiger partial charge in [-0.05, 0) is 39.5 Å². The Hall–Kier alpha value is -2.58. The predicted octanol–water partition coefficient (Wildman–Crippen LogP) is 5.51. The van der Waals surface area contributed by atoms with E-state index in [1.165, 1.54) is 61.2 Å². The molecule has 0 unspecified atom stereocenters. The third kappa shape index (κ3) is 9.00. The Balaban J connectivity index is 0.000000780. The molecule has 1 aliphatic carbocycles. The Morgan fingerprint density at radius 1 is 0.659 bits per heavy atom. The van der Waals surface area contributed by atoms with Crippen LogP contribution in [0.25, 0.3) is 33.4 Å². The fraction of sp³-hybridized carbons (Fsp3) is 0.244. The number of halogens is 2. The molecule has 0 amide bonds. The normalized spacial score (nSPS) is 11.1. The van der Waals surface area contributed by atoms with Crippen LogP contribution in [0.2, 0.25) is 0 Å². The van der Waals surface area contributed by atoms with Crippen molar-refractivity contribution in [1.29, 1.82) is 0 Å². The van der Waals surface area contributed by atoms with Gasteiger partial charge in [0.25, 0.3) is 0 Å². The summed E-state index contributed by atoms with van der Waals surface area (Å²) < 4.78 is 0. The summed E-state index contributed by atoms with van der Waals surface area (Å²) in [4.78, 5) is 0. The summed E-state index contributed by atoms with van der Waals surface area (Å²) in [6, 6.07) is 41.1. The molecule has 1 aliphatic rings. The largest absolute Gasteiger partial charge is 4.00 e. The molecule has 0 aliphatic heterocycles. The van der Waals surface area contributed by atoms with Gasteiger partial charge in [0.1, 0.15) is 0 Å². The number of hydrogen-bond donors (Lipinski definition) is 0. The van der Waals surface area contributed by atoms with E-state index in [2.05, 4.69) is 159 Å². The summed E-state index contributed by atoms with van der Waals surface area (Å²) in [6.45, 7) is 22.0. The maximum Gasteiger partial charge on any atom is 4.00 e. The molecule has 0 radical (unpaired) electrons. The van der Waals surface area contributed by atoms with Crippen LogP contribution in [-0.4, -0.2) is 0 Å². The van der Waals surface area contributed by atoms with E-state index >= 15 is 0 Å². The van der Waals surface area contributed by atoms with Crippen molar-refractivity contribution in [3.05, 3.63) is 150 Å². The number of hydrogen-bond acceptors (Lipinski definition) is 0. The van der Waals surface area contributed by atoms with E-state index in [0.717, 1.165) is 6.42 Å². The van der Waals surface area contributed by atoms with Crippen molar-refractivity contribution in [3.63, 3.8) is 0 Å². The fourth-order valence-corrected chi connectivity index (χ4v) is 5.57. The van der Waals surface area contributed by atoms with Crippen LogP contribution in [0, 0.1) is 13.0 Å². The predicted molar refractivity (Wildman–Crippen MR) is 180 cm³/mol. The summed E-state index contributed by atoms with van der Waals surface area (Å²) in [5.41, 5.74) is 14.8. The Bertz CT molecular complexity index is 1480. The zero-order valence-electron chi connectivity index (χ0n) is 27.2. The molecule has 0 heterocycles. The number of fused-ring (bicyclic) bond motifs is 3. The molecular weight excluding hydrogens is 742 g/mol. The topological polar surface area (TPSA) is 0 Å². The molecule has 0 N–H and O–H groups in total. The van der Waals surface area contributed by atoms with Gasteiger partial charge in [0.05, 0.1) is 0 Å². The summed E-state index contributed by atoms with van der Waals surface area (Å²) >= 11 is 0. The Labute approximate surface area is 298 Å². The van der Waals surface area contributed by atoms with Gasteiger partial charge in [0.2, 0.25) is 0 Å². The zero-order chi connectivity index (χ0) is 29.8.